The molecule has 3 heteroatoms. The van der Waals surface area contributed by atoms with Crippen LogP contribution in [-0.4, -0.2) is 0 Å². The van der Waals surface area contributed by atoms with E-state index < -0.39 is 0 Å². The van der Waals surface area contributed by atoms with Gasteiger partial charge in [-0.05, 0) is 105 Å². The number of fused-ring (bicyclic) bond motifs is 8. The van der Waals surface area contributed by atoms with Crippen molar-refractivity contribution in [2.45, 2.75) is 0 Å². The number of benzene rings is 9. The Balaban J connectivity index is 1.07. The smallest absolute Gasteiger partial charge is 0.143 e. The fourth-order valence-electron chi connectivity index (χ4n) is 8.64. The van der Waals surface area contributed by atoms with E-state index in [9.17, 15) is 0 Å². The van der Waals surface area contributed by atoms with Crippen molar-refractivity contribution in [1.82, 2.24) is 0 Å². The summed E-state index contributed by atoms with van der Waals surface area (Å²) in [5.74, 6) is 0. The molecule has 2 heterocycles. The molecule has 278 valence electrons. The van der Waals surface area contributed by atoms with E-state index in [0.717, 1.165) is 105 Å². The molecule has 0 unspecified atom stereocenters. The summed E-state index contributed by atoms with van der Waals surface area (Å²) in [6.45, 7) is 3.85. The van der Waals surface area contributed by atoms with Gasteiger partial charge in [-0.3, -0.25) is 0 Å². The molecule has 0 aliphatic carbocycles. The quantitative estimate of drug-likeness (QED) is 0.145. The molecule has 0 amide bonds. The first kappa shape index (κ1) is 34.4. The largest absolute Gasteiger partial charge is 0.456 e. The third-order valence-corrected chi connectivity index (χ3v) is 11.4. The number of furan rings is 2. The Kier molecular flexibility index (Phi) is 8.30. The highest BCUT2D eigenvalue weighted by molar-refractivity contribution is 6.16. The van der Waals surface area contributed by atoms with Gasteiger partial charge in [0.05, 0.1) is 5.69 Å². The van der Waals surface area contributed by atoms with Crippen molar-refractivity contribution in [3.63, 3.8) is 0 Å². The lowest BCUT2D eigenvalue weighted by Crippen LogP contribution is -2.11. The van der Waals surface area contributed by atoms with Crippen LogP contribution in [0, 0.1) is 0 Å². The van der Waals surface area contributed by atoms with Gasteiger partial charge in [-0.15, -0.1) is 0 Å². The van der Waals surface area contributed by atoms with Crippen LogP contribution in [-0.2, 0) is 0 Å². The Labute approximate surface area is 342 Å². The number of allylic oxidation sites excluding steroid dienone is 2. The summed E-state index contributed by atoms with van der Waals surface area (Å²) in [7, 11) is 0. The van der Waals surface area contributed by atoms with E-state index in [1.165, 1.54) is 5.39 Å². The minimum absolute atomic E-state index is 0.878. The van der Waals surface area contributed by atoms with Crippen LogP contribution in [0.4, 0.5) is 17.1 Å². The van der Waals surface area contributed by atoms with E-state index in [2.05, 4.69) is 200 Å². The first-order valence-electron chi connectivity index (χ1n) is 19.9. The van der Waals surface area contributed by atoms with Gasteiger partial charge >= 0.3 is 0 Å². The van der Waals surface area contributed by atoms with E-state index in [4.69, 9.17) is 8.83 Å². The summed E-state index contributed by atoms with van der Waals surface area (Å²) in [5, 5.41) is 6.76. The summed E-state index contributed by atoms with van der Waals surface area (Å²) in [6.07, 6.45) is 5.86. The van der Waals surface area contributed by atoms with Gasteiger partial charge in [0.15, 0.2) is 0 Å². The Morgan fingerprint density at radius 3 is 2.03 bits per heavy atom. The highest BCUT2D eigenvalue weighted by Gasteiger charge is 2.20. The summed E-state index contributed by atoms with van der Waals surface area (Å²) >= 11 is 0. The first-order valence-corrected chi connectivity index (χ1v) is 19.9. The number of hydrogen-bond donors (Lipinski definition) is 0. The van der Waals surface area contributed by atoms with Gasteiger partial charge in [0.2, 0.25) is 0 Å². The topological polar surface area (TPSA) is 29.5 Å². The molecule has 0 radical (unpaired) electrons. The predicted molar refractivity (Wildman–Crippen MR) is 249 cm³/mol. The maximum Gasteiger partial charge on any atom is 0.143 e. The summed E-state index contributed by atoms with van der Waals surface area (Å²) < 4.78 is 12.8. The highest BCUT2D eigenvalue weighted by Crippen LogP contribution is 2.45. The van der Waals surface area contributed by atoms with Crippen LogP contribution in [0.3, 0.4) is 0 Å². The normalized spacial score (nSPS) is 11.7. The number of nitrogens with zero attached hydrogens (tertiary/aromatic N) is 1. The average molecular weight is 756 g/mol. The lowest BCUT2D eigenvalue weighted by atomic mass is 9.97. The number of hydrogen-bond acceptors (Lipinski definition) is 3. The van der Waals surface area contributed by atoms with Crippen LogP contribution in [0.1, 0.15) is 5.56 Å². The molecule has 3 nitrogen and oxygen atoms in total. The van der Waals surface area contributed by atoms with Gasteiger partial charge in [-0.1, -0.05) is 152 Å². The Hall–Kier alpha value is -7.88. The van der Waals surface area contributed by atoms with Gasteiger partial charge in [-0.2, -0.15) is 0 Å². The van der Waals surface area contributed by atoms with Gasteiger partial charge in [0.1, 0.15) is 22.3 Å². The molecule has 0 aliphatic heterocycles. The van der Waals surface area contributed by atoms with Gasteiger partial charge in [0.25, 0.3) is 0 Å². The second kappa shape index (κ2) is 14.3. The predicted octanol–water partition coefficient (Wildman–Crippen LogP) is 16.3. The third-order valence-electron chi connectivity index (χ3n) is 11.4. The molecule has 9 aromatic carbocycles. The zero-order valence-corrected chi connectivity index (χ0v) is 32.2. The molecule has 11 aromatic rings. The molecule has 0 atom stereocenters. The van der Waals surface area contributed by atoms with Crippen LogP contribution >= 0.6 is 0 Å². The van der Waals surface area contributed by atoms with Crippen molar-refractivity contribution < 1.29 is 8.83 Å². The second-order valence-electron chi connectivity index (χ2n) is 14.9. The van der Waals surface area contributed by atoms with Crippen molar-refractivity contribution in [2.75, 3.05) is 4.90 Å². The number of anilines is 3. The van der Waals surface area contributed by atoms with Gasteiger partial charge in [-0.25, -0.2) is 0 Å². The van der Waals surface area contributed by atoms with Gasteiger partial charge in [0, 0.05) is 43.9 Å². The Bertz CT molecular complexity index is 3420. The highest BCUT2D eigenvalue weighted by atomic mass is 16.3. The lowest BCUT2D eigenvalue weighted by molar-refractivity contribution is 0.669. The van der Waals surface area contributed by atoms with E-state index in [-0.39, 0.29) is 0 Å². The molecule has 0 bridgehead atoms. The average Bonchev–Trinajstić information content (AvgIpc) is 3.88. The van der Waals surface area contributed by atoms with Crippen molar-refractivity contribution in [1.29, 1.82) is 0 Å². The monoisotopic (exact) mass is 755 g/mol. The SMILES string of the molecule is C=C/C=C\c1cccc(-c2cccc(N(c3ccc(-c4cccc5oc6ccccc6c45)cc3)c3ccccc3-c3ccc4oc5c6ccccc6ccc5c4c3)c2)c1. The van der Waals surface area contributed by atoms with Crippen LogP contribution in [0.25, 0.3) is 94.1 Å². The standard InChI is InChI=1S/C56H37NO2/c1-2-3-13-37-14-10-16-40(34-37)41-17-11-18-44(35-41)57(43-30-26-39(27-31-43)46-22-12-25-54-55(46)49-21-7-9-24-52(49)58-54)51-23-8-6-19-45(51)42-29-33-53-50(36-42)48-32-28-38-15-4-5-20-47(38)56(48)59-53/h2-36H,1H2/b13-3-. The van der Waals surface area contributed by atoms with Crippen LogP contribution in [0.5, 0.6) is 0 Å². The molecule has 59 heavy (non-hydrogen) atoms. The maximum atomic E-state index is 6.53. The molecular formula is C56H37NO2. The van der Waals surface area contributed by atoms with E-state index >= 15 is 0 Å². The Morgan fingerprint density at radius 1 is 0.424 bits per heavy atom. The molecule has 0 fully saturated rings. The third kappa shape index (κ3) is 6.00. The zero-order valence-electron chi connectivity index (χ0n) is 32.2. The zero-order chi connectivity index (χ0) is 39.3. The molecule has 2 aromatic heterocycles. The molecule has 0 saturated heterocycles. The Morgan fingerprint density at radius 2 is 1.14 bits per heavy atom. The molecule has 0 N–H and O–H groups in total. The first-order chi connectivity index (χ1) is 29.2. The van der Waals surface area contributed by atoms with Crippen molar-refractivity contribution in [3.05, 3.63) is 218 Å². The van der Waals surface area contributed by atoms with E-state index in [1.807, 2.05) is 18.2 Å². The number of para-hydroxylation sites is 2. The molecule has 0 aliphatic rings. The maximum absolute atomic E-state index is 6.53. The fraction of sp³-hybridized carbons (Fsp3) is 0. The number of rotatable bonds is 8. The van der Waals surface area contributed by atoms with Crippen LogP contribution in [0.15, 0.2) is 222 Å². The molecule has 0 spiro atoms. The van der Waals surface area contributed by atoms with Crippen molar-refractivity contribution in [3.8, 4) is 33.4 Å². The summed E-state index contributed by atoms with van der Waals surface area (Å²) in [5.41, 5.74) is 14.7. The van der Waals surface area contributed by atoms with Crippen LogP contribution < -0.4 is 4.90 Å². The van der Waals surface area contributed by atoms with Gasteiger partial charge < -0.3 is 13.7 Å². The van der Waals surface area contributed by atoms with E-state index in [0.29, 0.717) is 0 Å². The minimum Gasteiger partial charge on any atom is -0.456 e. The van der Waals surface area contributed by atoms with Crippen LogP contribution in [0.2, 0.25) is 0 Å². The molecule has 11 rings (SSSR count). The fourth-order valence-corrected chi connectivity index (χ4v) is 8.64. The van der Waals surface area contributed by atoms with Crippen molar-refractivity contribution >= 4 is 77.8 Å². The molecule has 0 saturated carbocycles. The van der Waals surface area contributed by atoms with Crippen molar-refractivity contribution in [2.24, 2.45) is 0 Å². The second-order valence-corrected chi connectivity index (χ2v) is 14.9. The minimum atomic E-state index is 0.878. The lowest BCUT2D eigenvalue weighted by Gasteiger charge is -2.28. The van der Waals surface area contributed by atoms with E-state index in [1.54, 1.807) is 6.08 Å². The summed E-state index contributed by atoms with van der Waals surface area (Å²) in [4.78, 5) is 2.38. The summed E-state index contributed by atoms with van der Waals surface area (Å²) in [6, 6.07) is 69.0. The molecular weight excluding hydrogens is 719 g/mol.